The Bertz CT molecular complexity index is 598. The van der Waals surface area contributed by atoms with Gasteiger partial charge in [0.05, 0.1) is 25.3 Å². The first-order chi connectivity index (χ1) is 9.99. The van der Waals surface area contributed by atoms with Crippen molar-refractivity contribution in [2.24, 2.45) is 0 Å². The van der Waals surface area contributed by atoms with Gasteiger partial charge in [0.2, 0.25) is 0 Å². The molecule has 0 aromatic heterocycles. The molecule has 2 aliphatic heterocycles. The molecule has 0 N–H and O–H groups in total. The molecule has 2 unspecified atom stereocenters. The summed E-state index contributed by atoms with van der Waals surface area (Å²) in [4.78, 5) is 24.4. The third-order valence-corrected chi connectivity index (χ3v) is 3.52. The highest BCUT2D eigenvalue weighted by molar-refractivity contribution is 6.33. The van der Waals surface area contributed by atoms with E-state index in [1.807, 2.05) is 0 Å². The summed E-state index contributed by atoms with van der Waals surface area (Å²) in [7, 11) is 0. The summed E-state index contributed by atoms with van der Waals surface area (Å²) in [6, 6.07) is 0.197. The van der Waals surface area contributed by atoms with Crippen LogP contribution in [0.3, 0.4) is 0 Å². The lowest BCUT2D eigenvalue weighted by Gasteiger charge is -2.43. The molecule has 3 rings (SSSR count). The van der Waals surface area contributed by atoms with E-state index in [0.717, 1.165) is 12.1 Å². The topological polar surface area (TPSA) is 55.8 Å². The molecule has 2 atom stereocenters. The van der Waals surface area contributed by atoms with Crippen molar-refractivity contribution in [1.29, 1.82) is 0 Å². The molecule has 0 radical (unpaired) electrons. The van der Waals surface area contributed by atoms with Crippen LogP contribution in [0.1, 0.15) is 11.6 Å². The van der Waals surface area contributed by atoms with Gasteiger partial charge in [-0.05, 0) is 17.7 Å². The van der Waals surface area contributed by atoms with Crippen molar-refractivity contribution in [2.75, 3.05) is 19.8 Å². The minimum atomic E-state index is -1.59. The highest BCUT2D eigenvalue weighted by atomic mass is 19.2. The molecular formula is C13H10F3NO4. The molecule has 1 amide bonds. The number of esters is 1. The highest BCUT2D eigenvalue weighted by Crippen LogP contribution is 2.31. The summed E-state index contributed by atoms with van der Waals surface area (Å²) in [5, 5.41) is 0. The maximum absolute atomic E-state index is 13.3. The molecule has 0 aliphatic carbocycles. The van der Waals surface area contributed by atoms with E-state index in [1.165, 1.54) is 4.90 Å². The van der Waals surface area contributed by atoms with Crippen molar-refractivity contribution in [3.05, 3.63) is 35.1 Å². The highest BCUT2D eigenvalue weighted by Gasteiger charge is 2.43. The summed E-state index contributed by atoms with van der Waals surface area (Å²) < 4.78 is 49.7. The third-order valence-electron chi connectivity index (χ3n) is 3.52. The lowest BCUT2D eigenvalue weighted by Crippen LogP contribution is -2.58. The number of rotatable bonds is 1. The van der Waals surface area contributed by atoms with E-state index in [9.17, 15) is 22.8 Å². The molecule has 8 heteroatoms. The van der Waals surface area contributed by atoms with E-state index >= 15 is 0 Å². The van der Waals surface area contributed by atoms with Crippen LogP contribution in [0.4, 0.5) is 13.2 Å². The second-order valence-electron chi connectivity index (χ2n) is 4.82. The average molecular weight is 301 g/mol. The number of hydrogen-bond acceptors (Lipinski definition) is 4. The van der Waals surface area contributed by atoms with Crippen LogP contribution < -0.4 is 0 Å². The molecule has 2 fully saturated rings. The van der Waals surface area contributed by atoms with E-state index in [-0.39, 0.29) is 25.4 Å². The van der Waals surface area contributed by atoms with Gasteiger partial charge in [0.25, 0.3) is 0 Å². The first kappa shape index (κ1) is 13.9. The number of morpholine rings is 2. The standard InChI is InChI=1S/C13H10F3NO4/c14-8-1-6(2-9(15)11(8)16)10-5-20-3-7-4-21-13(19)12(18)17(7)10/h1-2,7,10H,3-5H2. The SMILES string of the molecule is O=C1OCC2COCC(c3cc(F)c(F)c(F)c3)N2C1=O. The Morgan fingerprint density at radius 3 is 2.38 bits per heavy atom. The van der Waals surface area contributed by atoms with Crippen LogP contribution in [0.25, 0.3) is 0 Å². The van der Waals surface area contributed by atoms with E-state index in [4.69, 9.17) is 9.47 Å². The molecule has 1 aromatic rings. The predicted molar refractivity (Wildman–Crippen MR) is 61.5 cm³/mol. The minimum absolute atomic E-state index is 0.0270. The number of cyclic esters (lactones) is 1. The number of fused-ring (bicyclic) bond motifs is 1. The molecule has 21 heavy (non-hydrogen) atoms. The van der Waals surface area contributed by atoms with Gasteiger partial charge in [0.15, 0.2) is 17.5 Å². The molecular weight excluding hydrogens is 291 g/mol. The molecule has 112 valence electrons. The van der Waals surface area contributed by atoms with Crippen molar-refractivity contribution < 1.29 is 32.2 Å². The molecule has 2 aliphatic rings. The number of halogens is 3. The van der Waals surface area contributed by atoms with Crippen molar-refractivity contribution in [3.8, 4) is 0 Å². The molecule has 0 saturated carbocycles. The zero-order valence-electron chi connectivity index (χ0n) is 10.6. The Kier molecular flexibility index (Phi) is 3.32. The van der Waals surface area contributed by atoms with Gasteiger partial charge >= 0.3 is 11.9 Å². The first-order valence-corrected chi connectivity index (χ1v) is 6.20. The van der Waals surface area contributed by atoms with E-state index in [1.54, 1.807) is 0 Å². The molecule has 0 spiro atoms. The number of carbonyl (C=O) groups is 2. The molecule has 1 aromatic carbocycles. The van der Waals surface area contributed by atoms with Gasteiger partial charge < -0.3 is 14.4 Å². The molecule has 5 nitrogen and oxygen atoms in total. The number of hydrogen-bond donors (Lipinski definition) is 0. The Morgan fingerprint density at radius 1 is 1.05 bits per heavy atom. The third kappa shape index (κ3) is 2.25. The fourth-order valence-corrected chi connectivity index (χ4v) is 2.53. The lowest BCUT2D eigenvalue weighted by atomic mass is 10.0. The maximum atomic E-state index is 13.3. The summed E-state index contributed by atoms with van der Waals surface area (Å²) in [5.41, 5.74) is 0.0270. The van der Waals surface area contributed by atoms with Crippen LogP contribution in [0.5, 0.6) is 0 Å². The van der Waals surface area contributed by atoms with Gasteiger partial charge in [-0.25, -0.2) is 18.0 Å². The smallest absolute Gasteiger partial charge is 0.397 e. The quantitative estimate of drug-likeness (QED) is 0.440. The normalized spacial score (nSPS) is 25.6. The van der Waals surface area contributed by atoms with Gasteiger partial charge in [-0.2, -0.15) is 0 Å². The van der Waals surface area contributed by atoms with Crippen LogP contribution in [-0.4, -0.2) is 42.6 Å². The zero-order valence-corrected chi connectivity index (χ0v) is 10.6. The van der Waals surface area contributed by atoms with Crippen LogP contribution in [-0.2, 0) is 19.1 Å². The Balaban J connectivity index is 2.00. The largest absolute Gasteiger partial charge is 0.456 e. The average Bonchev–Trinajstić information content (AvgIpc) is 2.47. The van der Waals surface area contributed by atoms with Crippen molar-refractivity contribution in [1.82, 2.24) is 4.90 Å². The second-order valence-corrected chi connectivity index (χ2v) is 4.82. The van der Waals surface area contributed by atoms with E-state index in [2.05, 4.69) is 0 Å². The van der Waals surface area contributed by atoms with Gasteiger partial charge in [-0.1, -0.05) is 0 Å². The Morgan fingerprint density at radius 2 is 1.71 bits per heavy atom. The van der Waals surface area contributed by atoms with Crippen LogP contribution in [0.15, 0.2) is 12.1 Å². The zero-order chi connectivity index (χ0) is 15.1. The van der Waals surface area contributed by atoms with Gasteiger partial charge in [0, 0.05) is 0 Å². The van der Waals surface area contributed by atoms with Crippen molar-refractivity contribution >= 4 is 11.9 Å². The maximum Gasteiger partial charge on any atom is 0.397 e. The van der Waals surface area contributed by atoms with Crippen LogP contribution in [0.2, 0.25) is 0 Å². The minimum Gasteiger partial charge on any atom is -0.456 e. The number of nitrogens with zero attached hydrogens (tertiary/aromatic N) is 1. The summed E-state index contributed by atoms with van der Waals surface area (Å²) >= 11 is 0. The summed E-state index contributed by atoms with van der Waals surface area (Å²) in [6.45, 7) is 0.0644. The molecule has 0 bridgehead atoms. The van der Waals surface area contributed by atoms with Crippen LogP contribution in [0, 0.1) is 17.5 Å². The fraction of sp³-hybridized carbons (Fsp3) is 0.385. The second kappa shape index (κ2) is 5.03. The van der Waals surface area contributed by atoms with E-state index < -0.39 is 41.4 Å². The molecule has 2 heterocycles. The van der Waals surface area contributed by atoms with Gasteiger partial charge in [-0.3, -0.25) is 4.79 Å². The predicted octanol–water partition coefficient (Wildman–Crippen LogP) is 0.929. The number of carbonyl (C=O) groups excluding carboxylic acids is 2. The number of ether oxygens (including phenoxy) is 2. The summed E-state index contributed by atoms with van der Waals surface area (Å²) in [6.07, 6.45) is 0. The number of benzene rings is 1. The van der Waals surface area contributed by atoms with Crippen molar-refractivity contribution in [2.45, 2.75) is 12.1 Å². The summed E-state index contributed by atoms with van der Waals surface area (Å²) in [5.74, 6) is -6.24. The van der Waals surface area contributed by atoms with Crippen LogP contribution >= 0.6 is 0 Å². The first-order valence-electron chi connectivity index (χ1n) is 6.20. The molecule has 2 saturated heterocycles. The lowest BCUT2D eigenvalue weighted by molar-refractivity contribution is -0.182. The Labute approximate surface area is 117 Å². The van der Waals surface area contributed by atoms with Gasteiger partial charge in [0.1, 0.15) is 6.61 Å². The fourth-order valence-electron chi connectivity index (χ4n) is 2.53. The van der Waals surface area contributed by atoms with Gasteiger partial charge in [-0.15, -0.1) is 0 Å². The number of amides is 1. The van der Waals surface area contributed by atoms with E-state index in [0.29, 0.717) is 0 Å². The monoisotopic (exact) mass is 301 g/mol. The Hall–Kier alpha value is -2.09. The van der Waals surface area contributed by atoms with Crippen molar-refractivity contribution in [3.63, 3.8) is 0 Å².